The number of hydrogen-bond donors (Lipinski definition) is 0. The van der Waals surface area contributed by atoms with E-state index in [2.05, 4.69) is 230 Å². The zero-order chi connectivity index (χ0) is 44.4. The van der Waals surface area contributed by atoms with E-state index in [0.29, 0.717) is 0 Å². The average Bonchev–Trinajstić information content (AvgIpc) is 4.11. The fourth-order valence-corrected chi connectivity index (χ4v) is 11.2. The first-order valence-electron chi connectivity index (χ1n) is 23.1. The molecule has 10 aromatic carbocycles. The Hall–Kier alpha value is -8.60. The fraction of sp³-hybridized carbons (Fsp3) is 0.0476. The average molecular weight is 859 g/mol. The van der Waals surface area contributed by atoms with E-state index in [9.17, 15) is 0 Å². The van der Waals surface area contributed by atoms with Gasteiger partial charge in [0.25, 0.3) is 0 Å². The van der Waals surface area contributed by atoms with Crippen molar-refractivity contribution < 1.29 is 8.83 Å². The Balaban J connectivity index is 0.952. The summed E-state index contributed by atoms with van der Waals surface area (Å²) in [5, 5.41) is 6.75. The van der Waals surface area contributed by atoms with Crippen LogP contribution in [0.4, 0.5) is 17.1 Å². The zero-order valence-electron chi connectivity index (χ0n) is 37.0. The molecule has 1 aliphatic carbocycles. The lowest BCUT2D eigenvalue weighted by molar-refractivity contribution is 0.660. The third kappa shape index (κ3) is 5.60. The van der Waals surface area contributed by atoms with Crippen molar-refractivity contribution in [1.29, 1.82) is 0 Å². The first-order valence-corrected chi connectivity index (χ1v) is 23.1. The Labute approximate surface area is 387 Å². The number of rotatable bonds is 6. The molecular formula is C63H42N2O2. The number of benzene rings is 10. The van der Waals surface area contributed by atoms with Gasteiger partial charge in [-0.25, -0.2) is 0 Å². The summed E-state index contributed by atoms with van der Waals surface area (Å²) in [6.45, 7) is 4.70. The van der Waals surface area contributed by atoms with Gasteiger partial charge in [-0.15, -0.1) is 0 Å². The predicted molar refractivity (Wildman–Crippen MR) is 278 cm³/mol. The maximum absolute atomic E-state index is 6.96. The first kappa shape index (κ1) is 37.7. The van der Waals surface area contributed by atoms with Gasteiger partial charge in [0.2, 0.25) is 0 Å². The maximum Gasteiger partial charge on any atom is 0.145 e. The summed E-state index contributed by atoms with van der Waals surface area (Å²) in [5.74, 6) is 0. The number of fused-ring (bicyclic) bond motifs is 13. The van der Waals surface area contributed by atoms with Crippen LogP contribution < -0.4 is 4.90 Å². The number of furan rings is 2. The van der Waals surface area contributed by atoms with Gasteiger partial charge in [-0.1, -0.05) is 153 Å². The number of aromatic nitrogens is 1. The van der Waals surface area contributed by atoms with Crippen LogP contribution in [0.1, 0.15) is 25.0 Å². The second kappa shape index (κ2) is 14.2. The Morgan fingerprint density at radius 3 is 1.78 bits per heavy atom. The lowest BCUT2D eigenvalue weighted by Gasteiger charge is -2.28. The second-order valence-electron chi connectivity index (χ2n) is 18.4. The van der Waals surface area contributed by atoms with E-state index < -0.39 is 0 Å². The third-order valence-electron chi connectivity index (χ3n) is 14.4. The van der Waals surface area contributed by atoms with Crippen LogP contribution in [0.3, 0.4) is 0 Å². The van der Waals surface area contributed by atoms with Crippen LogP contribution in [-0.4, -0.2) is 4.57 Å². The second-order valence-corrected chi connectivity index (χ2v) is 18.4. The van der Waals surface area contributed by atoms with E-state index in [1.165, 1.54) is 44.2 Å². The minimum absolute atomic E-state index is 0.130. The maximum atomic E-state index is 6.96. The molecule has 0 atom stereocenters. The zero-order valence-corrected chi connectivity index (χ0v) is 37.0. The van der Waals surface area contributed by atoms with Gasteiger partial charge in [0, 0.05) is 60.7 Å². The lowest BCUT2D eigenvalue weighted by Crippen LogP contribution is -2.16. The normalized spacial score (nSPS) is 13.0. The summed E-state index contributed by atoms with van der Waals surface area (Å²) in [4.78, 5) is 2.39. The highest BCUT2D eigenvalue weighted by atomic mass is 16.3. The van der Waals surface area contributed by atoms with Gasteiger partial charge >= 0.3 is 0 Å². The number of hydrogen-bond acceptors (Lipinski definition) is 3. The van der Waals surface area contributed by atoms with Gasteiger partial charge in [0.1, 0.15) is 22.3 Å². The van der Waals surface area contributed by atoms with Crippen LogP contribution >= 0.6 is 0 Å². The molecule has 316 valence electrons. The van der Waals surface area contributed by atoms with Gasteiger partial charge < -0.3 is 18.3 Å². The molecule has 67 heavy (non-hydrogen) atoms. The molecule has 0 radical (unpaired) electrons. The molecule has 0 saturated carbocycles. The summed E-state index contributed by atoms with van der Waals surface area (Å²) < 4.78 is 15.7. The predicted octanol–water partition coefficient (Wildman–Crippen LogP) is 17.7. The Bertz CT molecular complexity index is 4110. The number of nitrogens with zero attached hydrogens (tertiary/aromatic N) is 2. The highest BCUT2D eigenvalue weighted by Crippen LogP contribution is 2.51. The Morgan fingerprint density at radius 1 is 0.388 bits per heavy atom. The molecule has 0 aliphatic heterocycles. The quantitative estimate of drug-likeness (QED) is 0.167. The number of para-hydroxylation sites is 3. The first-order chi connectivity index (χ1) is 33.0. The summed E-state index contributed by atoms with van der Waals surface area (Å²) in [6.07, 6.45) is 0. The van der Waals surface area contributed by atoms with Crippen molar-refractivity contribution in [2.24, 2.45) is 0 Å². The molecule has 0 saturated heterocycles. The van der Waals surface area contributed by atoms with Crippen LogP contribution in [0.5, 0.6) is 0 Å². The van der Waals surface area contributed by atoms with Gasteiger partial charge in [-0.3, -0.25) is 0 Å². The Morgan fingerprint density at radius 2 is 0.985 bits per heavy atom. The van der Waals surface area contributed by atoms with E-state index in [1.54, 1.807) is 0 Å². The molecule has 14 rings (SSSR count). The minimum Gasteiger partial charge on any atom is -0.456 e. The molecule has 1 aliphatic rings. The van der Waals surface area contributed by atoms with Crippen molar-refractivity contribution in [3.8, 4) is 39.1 Å². The molecule has 4 heteroatoms. The molecule has 0 unspecified atom stereocenters. The van der Waals surface area contributed by atoms with Crippen LogP contribution in [0.15, 0.2) is 227 Å². The van der Waals surface area contributed by atoms with E-state index >= 15 is 0 Å². The third-order valence-corrected chi connectivity index (χ3v) is 14.4. The highest BCUT2D eigenvalue weighted by molar-refractivity contribution is 6.27. The van der Waals surface area contributed by atoms with Gasteiger partial charge in [0.15, 0.2) is 0 Å². The fourth-order valence-electron chi connectivity index (χ4n) is 11.2. The van der Waals surface area contributed by atoms with Gasteiger partial charge in [-0.2, -0.15) is 0 Å². The van der Waals surface area contributed by atoms with Crippen LogP contribution in [0.25, 0.3) is 105 Å². The summed E-state index contributed by atoms with van der Waals surface area (Å²) in [5.41, 5.74) is 19.9. The standard InChI is InChI=1S/C63H42N2O2/c1-63(2)54-20-10-6-16-46(54)47-34-32-45(37-55(47)63)64(42-28-24-40(25-29-42)39-14-4-3-5-15-39)43-30-26-41(27-31-43)51-38-53-48-17-7-11-21-56(48)65(61(53)60-50-19-9-13-23-58(50)67-62(51)60)44-33-35-59-52(36-44)49-18-8-12-22-57(49)66-59/h3-38H,1-2H3. The summed E-state index contributed by atoms with van der Waals surface area (Å²) in [6, 6.07) is 78.9. The SMILES string of the molecule is CC1(C)c2ccccc2-c2ccc(N(c3ccc(-c4ccccc4)cc3)c3ccc(-c4cc5c6ccccc6n(-c6ccc7oc8ccccc8c7c6)c5c5c4oc4ccccc45)cc3)cc21. The largest absolute Gasteiger partial charge is 0.456 e. The molecule has 0 N–H and O–H groups in total. The van der Waals surface area contributed by atoms with Gasteiger partial charge in [0.05, 0.1) is 16.4 Å². The molecule has 3 heterocycles. The van der Waals surface area contributed by atoms with Gasteiger partial charge in [-0.05, 0) is 118 Å². The molecule has 13 aromatic rings. The molecule has 4 nitrogen and oxygen atoms in total. The topological polar surface area (TPSA) is 34.5 Å². The smallest absolute Gasteiger partial charge is 0.145 e. The lowest BCUT2D eigenvalue weighted by atomic mass is 9.82. The van der Waals surface area contributed by atoms with E-state index in [0.717, 1.165) is 88.8 Å². The van der Waals surface area contributed by atoms with E-state index in [-0.39, 0.29) is 5.41 Å². The van der Waals surface area contributed by atoms with Crippen molar-refractivity contribution in [3.63, 3.8) is 0 Å². The minimum atomic E-state index is -0.130. The number of anilines is 3. The van der Waals surface area contributed by atoms with E-state index in [4.69, 9.17) is 8.83 Å². The monoisotopic (exact) mass is 858 g/mol. The van der Waals surface area contributed by atoms with Crippen LogP contribution in [0, 0.1) is 0 Å². The molecular weight excluding hydrogens is 817 g/mol. The molecule has 0 spiro atoms. The molecule has 3 aromatic heterocycles. The molecule has 0 amide bonds. The molecule has 0 fully saturated rings. The van der Waals surface area contributed by atoms with Crippen molar-refractivity contribution in [3.05, 3.63) is 230 Å². The van der Waals surface area contributed by atoms with Crippen molar-refractivity contribution in [1.82, 2.24) is 4.57 Å². The highest BCUT2D eigenvalue weighted by Gasteiger charge is 2.36. The summed E-state index contributed by atoms with van der Waals surface area (Å²) in [7, 11) is 0. The van der Waals surface area contributed by atoms with E-state index in [1.807, 2.05) is 12.1 Å². The van der Waals surface area contributed by atoms with Crippen LogP contribution in [-0.2, 0) is 5.41 Å². The van der Waals surface area contributed by atoms with Crippen molar-refractivity contribution in [2.45, 2.75) is 19.3 Å². The van der Waals surface area contributed by atoms with Crippen molar-refractivity contribution in [2.75, 3.05) is 4.90 Å². The molecule has 0 bridgehead atoms. The summed E-state index contributed by atoms with van der Waals surface area (Å²) >= 11 is 0. The Kier molecular flexibility index (Phi) is 8.00. The van der Waals surface area contributed by atoms with Crippen molar-refractivity contribution >= 4 is 82.7 Å². The van der Waals surface area contributed by atoms with Crippen LogP contribution in [0.2, 0.25) is 0 Å².